The first-order valence-electron chi connectivity index (χ1n) is 11.9. The third-order valence-corrected chi connectivity index (χ3v) is 6.95. The minimum atomic E-state index is -0.374. The molecule has 2 aromatic carbocycles. The summed E-state index contributed by atoms with van der Waals surface area (Å²) in [4.78, 5) is 27.7. The molecular formula is C26H31N5O3S. The molecule has 0 saturated carbocycles. The summed E-state index contributed by atoms with van der Waals surface area (Å²) in [7, 11) is 0. The highest BCUT2D eigenvalue weighted by Gasteiger charge is 2.18. The van der Waals surface area contributed by atoms with Crippen LogP contribution in [-0.2, 0) is 6.61 Å². The van der Waals surface area contributed by atoms with Crippen LogP contribution in [-0.4, -0.2) is 52.6 Å². The van der Waals surface area contributed by atoms with Crippen molar-refractivity contribution in [3.63, 3.8) is 0 Å². The molecule has 1 aliphatic heterocycles. The number of hydrogen-bond donors (Lipinski definition) is 2. The smallest absolute Gasteiger partial charge is 0.286 e. The Balaban J connectivity index is 1.27. The van der Waals surface area contributed by atoms with Crippen LogP contribution in [0.25, 0.3) is 0 Å². The lowest BCUT2D eigenvalue weighted by Crippen LogP contribution is -2.42. The molecule has 1 aliphatic rings. The fraction of sp³-hybridized carbons (Fsp3) is 0.385. The largest absolute Gasteiger partial charge is 0.486 e. The molecule has 9 heteroatoms. The molecule has 1 saturated heterocycles. The van der Waals surface area contributed by atoms with Gasteiger partial charge in [-0.2, -0.15) is 0 Å². The van der Waals surface area contributed by atoms with E-state index in [-0.39, 0.29) is 23.4 Å². The molecule has 4 rings (SSSR count). The quantitative estimate of drug-likeness (QED) is 0.462. The first-order chi connectivity index (χ1) is 17.0. The van der Waals surface area contributed by atoms with Gasteiger partial charge in [0.25, 0.3) is 11.8 Å². The number of rotatable bonds is 9. The van der Waals surface area contributed by atoms with Gasteiger partial charge in [-0.25, -0.2) is 0 Å². The van der Waals surface area contributed by atoms with Crippen LogP contribution in [0.2, 0.25) is 0 Å². The highest BCUT2D eigenvalue weighted by molar-refractivity contribution is 7.13. The van der Waals surface area contributed by atoms with Crippen molar-refractivity contribution in [2.45, 2.75) is 45.8 Å². The maximum absolute atomic E-state index is 12.6. The number of likely N-dealkylation sites (tertiary alicyclic amines) is 1. The van der Waals surface area contributed by atoms with E-state index < -0.39 is 0 Å². The molecule has 2 heterocycles. The highest BCUT2D eigenvalue weighted by Crippen LogP contribution is 2.18. The summed E-state index contributed by atoms with van der Waals surface area (Å²) in [6.45, 7) is 7.02. The zero-order valence-corrected chi connectivity index (χ0v) is 20.9. The molecular weight excluding hydrogens is 462 g/mol. The average molecular weight is 494 g/mol. The molecule has 2 N–H and O–H groups in total. The summed E-state index contributed by atoms with van der Waals surface area (Å²) < 4.78 is 5.71. The third kappa shape index (κ3) is 7.10. The van der Waals surface area contributed by atoms with E-state index in [0.29, 0.717) is 28.8 Å². The number of aromatic nitrogens is 2. The summed E-state index contributed by atoms with van der Waals surface area (Å²) in [5, 5.41) is 14.7. The predicted molar refractivity (Wildman–Crippen MR) is 137 cm³/mol. The van der Waals surface area contributed by atoms with E-state index in [2.05, 4.69) is 32.7 Å². The van der Waals surface area contributed by atoms with Gasteiger partial charge in [-0.1, -0.05) is 41.5 Å². The van der Waals surface area contributed by atoms with Crippen molar-refractivity contribution >= 4 is 28.8 Å². The lowest BCUT2D eigenvalue weighted by molar-refractivity contribution is 0.0937. The molecule has 0 aliphatic carbocycles. The molecule has 35 heavy (non-hydrogen) atoms. The Kier molecular flexibility index (Phi) is 8.44. The Bertz CT molecular complexity index is 1150. The summed E-state index contributed by atoms with van der Waals surface area (Å²) in [6.07, 6.45) is 3.71. The summed E-state index contributed by atoms with van der Waals surface area (Å²) in [6, 6.07) is 15.2. The second-order valence-corrected chi connectivity index (χ2v) is 9.84. The van der Waals surface area contributed by atoms with Crippen LogP contribution in [0.1, 0.15) is 56.9 Å². The molecule has 2 amide bonds. The van der Waals surface area contributed by atoms with E-state index >= 15 is 0 Å². The topological polar surface area (TPSA) is 96.5 Å². The van der Waals surface area contributed by atoms with Gasteiger partial charge in [0.15, 0.2) is 5.01 Å². The van der Waals surface area contributed by atoms with E-state index in [1.165, 1.54) is 30.6 Å². The number of nitrogens with one attached hydrogen (secondary N) is 2. The van der Waals surface area contributed by atoms with Crippen LogP contribution in [0.15, 0.2) is 48.5 Å². The molecule has 0 bridgehead atoms. The maximum atomic E-state index is 12.6. The Hall–Kier alpha value is -3.30. The number of ether oxygens (including phenoxy) is 1. The van der Waals surface area contributed by atoms with E-state index in [4.69, 9.17) is 4.74 Å². The van der Waals surface area contributed by atoms with E-state index in [1.807, 2.05) is 31.2 Å². The van der Waals surface area contributed by atoms with Crippen LogP contribution < -0.4 is 15.4 Å². The second-order valence-electron chi connectivity index (χ2n) is 8.77. The number of piperidine rings is 1. The van der Waals surface area contributed by atoms with Gasteiger partial charge >= 0.3 is 0 Å². The standard InChI is InChI=1S/C26H31N5O3S/c1-18-9-11-22(12-10-18)34-17-23-29-30-26(35-23)25(33)28-21-8-5-7-20(16-21)24(32)27-13-15-31-14-4-3-6-19(31)2/h5,7-12,16,19H,3-4,6,13-15,17H2,1-2H3,(H,27,32)(H,28,33)/t19-/m0/s1. The highest BCUT2D eigenvalue weighted by atomic mass is 32.1. The summed E-state index contributed by atoms with van der Waals surface area (Å²) >= 11 is 1.17. The van der Waals surface area contributed by atoms with E-state index in [1.54, 1.807) is 24.3 Å². The fourth-order valence-corrected chi connectivity index (χ4v) is 4.66. The Labute approximate surface area is 209 Å². The van der Waals surface area contributed by atoms with Crippen molar-refractivity contribution in [1.82, 2.24) is 20.4 Å². The molecule has 3 aromatic rings. The van der Waals surface area contributed by atoms with Gasteiger partial charge in [0.1, 0.15) is 12.4 Å². The lowest BCUT2D eigenvalue weighted by atomic mass is 10.0. The number of aryl methyl sites for hydroxylation is 1. The second kappa shape index (κ2) is 11.9. The minimum Gasteiger partial charge on any atom is -0.486 e. The number of amides is 2. The zero-order chi connectivity index (χ0) is 24.6. The van der Waals surface area contributed by atoms with Gasteiger partial charge in [-0.3, -0.25) is 14.5 Å². The molecule has 1 aromatic heterocycles. The first-order valence-corrected chi connectivity index (χ1v) is 12.7. The predicted octanol–water partition coefficient (Wildman–Crippen LogP) is 4.28. The normalized spacial score (nSPS) is 16.0. The van der Waals surface area contributed by atoms with Gasteiger partial charge in [0.05, 0.1) is 0 Å². The molecule has 0 radical (unpaired) electrons. The van der Waals surface area contributed by atoms with Crippen LogP contribution in [0.5, 0.6) is 5.75 Å². The number of carbonyl (C=O) groups excluding carboxylic acids is 2. The van der Waals surface area contributed by atoms with Crippen molar-refractivity contribution in [1.29, 1.82) is 0 Å². The molecule has 184 valence electrons. The maximum Gasteiger partial charge on any atom is 0.286 e. The minimum absolute atomic E-state index is 0.155. The van der Waals surface area contributed by atoms with Crippen LogP contribution >= 0.6 is 11.3 Å². The summed E-state index contributed by atoms with van der Waals surface area (Å²) in [5.74, 6) is 0.204. The molecule has 1 atom stereocenters. The van der Waals surface area contributed by atoms with Crippen molar-refractivity contribution < 1.29 is 14.3 Å². The van der Waals surface area contributed by atoms with Gasteiger partial charge in [-0.05, 0) is 63.6 Å². The van der Waals surface area contributed by atoms with Crippen LogP contribution in [0, 0.1) is 6.92 Å². The van der Waals surface area contributed by atoms with Gasteiger partial charge in [0.2, 0.25) is 5.01 Å². The number of hydrogen-bond acceptors (Lipinski definition) is 7. The van der Waals surface area contributed by atoms with E-state index in [0.717, 1.165) is 24.4 Å². The SMILES string of the molecule is Cc1ccc(OCc2nnc(C(=O)Nc3cccc(C(=O)NCCN4CCCC[C@@H]4C)c3)s2)cc1. The Morgan fingerprint density at radius 1 is 1.11 bits per heavy atom. The number of nitrogens with zero attached hydrogens (tertiary/aromatic N) is 3. The Morgan fingerprint density at radius 2 is 1.94 bits per heavy atom. The number of anilines is 1. The van der Waals surface area contributed by atoms with Crippen LogP contribution in [0.4, 0.5) is 5.69 Å². The van der Waals surface area contributed by atoms with Crippen molar-refractivity contribution in [3.05, 3.63) is 69.7 Å². The van der Waals surface area contributed by atoms with Gasteiger partial charge < -0.3 is 15.4 Å². The molecule has 1 fully saturated rings. The first kappa shape index (κ1) is 24.8. The van der Waals surface area contributed by atoms with Crippen LogP contribution in [0.3, 0.4) is 0 Å². The number of carbonyl (C=O) groups is 2. The third-order valence-electron chi connectivity index (χ3n) is 6.05. The monoisotopic (exact) mass is 493 g/mol. The van der Waals surface area contributed by atoms with Gasteiger partial charge in [0, 0.05) is 30.4 Å². The lowest BCUT2D eigenvalue weighted by Gasteiger charge is -2.33. The number of benzene rings is 2. The molecule has 0 unspecified atom stereocenters. The fourth-order valence-electron chi connectivity index (χ4n) is 4.01. The van der Waals surface area contributed by atoms with Gasteiger partial charge in [-0.15, -0.1) is 10.2 Å². The van der Waals surface area contributed by atoms with E-state index in [9.17, 15) is 9.59 Å². The average Bonchev–Trinajstić information content (AvgIpc) is 3.34. The molecule has 0 spiro atoms. The molecule has 8 nitrogen and oxygen atoms in total. The van der Waals surface area contributed by atoms with Crippen molar-refractivity contribution in [2.24, 2.45) is 0 Å². The van der Waals surface area contributed by atoms with Crippen molar-refractivity contribution in [2.75, 3.05) is 25.0 Å². The van der Waals surface area contributed by atoms with Crippen molar-refractivity contribution in [3.8, 4) is 5.75 Å². The zero-order valence-electron chi connectivity index (χ0n) is 20.1. The summed E-state index contributed by atoms with van der Waals surface area (Å²) in [5.41, 5.74) is 2.18. The Morgan fingerprint density at radius 3 is 2.74 bits per heavy atom.